The molecule has 41 heavy (non-hydrogen) atoms. The van der Waals surface area contributed by atoms with Crippen LogP contribution in [0.1, 0.15) is 10.4 Å². The quantitative estimate of drug-likeness (QED) is 0.199. The number of rotatable bonds is 9. The predicted molar refractivity (Wildman–Crippen MR) is 156 cm³/mol. The Hall–Kier alpha value is -5.23. The standard InChI is InChI=1S/C29H24FN5O5S/c1-39-23-15-21(16-24(17-23)40-2)31-27-28(34-26-9-4-3-8-25(26)33-27)35(41(37)38)22-7-5-6-20(14-22)32-29(36)18-10-12-19(30)13-11-18/h3-17,41H,1-2H3,(H,31,33)(H,32,36). The summed E-state index contributed by atoms with van der Waals surface area (Å²) in [4.78, 5) is 22.0. The molecule has 10 nitrogen and oxygen atoms in total. The van der Waals surface area contributed by atoms with Crippen molar-refractivity contribution in [1.29, 1.82) is 0 Å². The number of fused-ring (bicyclic) bond motifs is 1. The van der Waals surface area contributed by atoms with E-state index in [-0.39, 0.29) is 22.9 Å². The second-order valence-electron chi connectivity index (χ2n) is 8.67. The number of hydrogen-bond donors (Lipinski definition) is 3. The van der Waals surface area contributed by atoms with E-state index in [9.17, 15) is 17.6 Å². The second-order valence-corrected chi connectivity index (χ2v) is 9.55. The molecule has 5 aromatic rings. The second kappa shape index (κ2) is 11.9. The number of para-hydroxylation sites is 2. The number of methoxy groups -OCH3 is 2. The van der Waals surface area contributed by atoms with Crippen LogP contribution in [-0.4, -0.2) is 38.5 Å². The zero-order chi connectivity index (χ0) is 28.9. The number of hydrogen-bond acceptors (Lipinski definition) is 8. The number of aromatic nitrogens is 2. The first-order chi connectivity index (χ1) is 19.8. The highest BCUT2D eigenvalue weighted by Crippen LogP contribution is 2.35. The topological polar surface area (TPSA) is 123 Å². The van der Waals surface area contributed by atoms with Crippen LogP contribution in [0, 0.1) is 5.82 Å². The predicted octanol–water partition coefficient (Wildman–Crippen LogP) is 5.45. The molecule has 0 aliphatic carbocycles. The van der Waals surface area contributed by atoms with Gasteiger partial charge in [-0.1, -0.05) is 18.2 Å². The fraction of sp³-hybridized carbons (Fsp3) is 0.0690. The molecule has 0 bridgehead atoms. The van der Waals surface area contributed by atoms with Gasteiger partial charge in [0.2, 0.25) is 10.9 Å². The van der Waals surface area contributed by atoms with Gasteiger partial charge in [-0.3, -0.25) is 4.79 Å². The average Bonchev–Trinajstić information content (AvgIpc) is 2.97. The van der Waals surface area contributed by atoms with Crippen molar-refractivity contribution < 1.29 is 27.1 Å². The van der Waals surface area contributed by atoms with E-state index in [2.05, 4.69) is 20.6 Å². The van der Waals surface area contributed by atoms with Crippen molar-refractivity contribution in [1.82, 2.24) is 9.97 Å². The minimum atomic E-state index is -3.27. The van der Waals surface area contributed by atoms with Crippen molar-refractivity contribution in [3.05, 3.63) is 102 Å². The summed E-state index contributed by atoms with van der Waals surface area (Å²) >= 11 is 0. The molecule has 0 saturated carbocycles. The lowest BCUT2D eigenvalue weighted by Crippen LogP contribution is -2.19. The minimum absolute atomic E-state index is 0.00334. The van der Waals surface area contributed by atoms with Crippen molar-refractivity contribution in [2.45, 2.75) is 0 Å². The molecule has 1 amide bonds. The molecule has 12 heteroatoms. The van der Waals surface area contributed by atoms with E-state index in [1.807, 2.05) is 0 Å². The fourth-order valence-corrected chi connectivity index (χ4v) is 4.66. The van der Waals surface area contributed by atoms with Crippen molar-refractivity contribution in [2.75, 3.05) is 29.2 Å². The van der Waals surface area contributed by atoms with Gasteiger partial charge in [-0.25, -0.2) is 27.1 Å². The van der Waals surface area contributed by atoms with E-state index < -0.39 is 22.6 Å². The van der Waals surface area contributed by atoms with Crippen LogP contribution < -0.4 is 24.4 Å². The summed E-state index contributed by atoms with van der Waals surface area (Å²) in [6.07, 6.45) is 0. The zero-order valence-corrected chi connectivity index (χ0v) is 22.8. The Balaban J connectivity index is 1.57. The Labute approximate surface area is 236 Å². The summed E-state index contributed by atoms with van der Waals surface area (Å²) in [6, 6.07) is 23.5. The minimum Gasteiger partial charge on any atom is -0.497 e. The molecule has 0 radical (unpaired) electrons. The largest absolute Gasteiger partial charge is 0.497 e. The van der Waals surface area contributed by atoms with Crippen LogP contribution in [0.2, 0.25) is 0 Å². The third-order valence-corrected chi connectivity index (χ3v) is 6.73. The number of amides is 1. The van der Waals surface area contributed by atoms with Crippen LogP contribution in [0.4, 0.5) is 33.1 Å². The highest BCUT2D eigenvalue weighted by Gasteiger charge is 2.22. The number of thiol groups is 1. The lowest BCUT2D eigenvalue weighted by atomic mass is 10.2. The number of benzene rings is 4. The van der Waals surface area contributed by atoms with Gasteiger partial charge in [0.1, 0.15) is 17.3 Å². The third kappa shape index (κ3) is 6.17. The maximum Gasteiger partial charge on any atom is 0.255 e. The summed E-state index contributed by atoms with van der Waals surface area (Å²) in [5.74, 6) is 0.228. The molecule has 0 aliphatic heterocycles. The summed E-state index contributed by atoms with van der Waals surface area (Å²) in [6.45, 7) is 0. The van der Waals surface area contributed by atoms with Gasteiger partial charge in [-0.05, 0) is 54.6 Å². The molecule has 0 fully saturated rings. The number of carbonyl (C=O) groups excluding carboxylic acids is 1. The van der Waals surface area contributed by atoms with Gasteiger partial charge in [-0.2, -0.15) is 0 Å². The van der Waals surface area contributed by atoms with Crippen LogP contribution in [0.15, 0.2) is 91.0 Å². The Morgan fingerprint density at radius 3 is 2.10 bits per heavy atom. The fourth-order valence-electron chi connectivity index (χ4n) is 4.05. The van der Waals surface area contributed by atoms with Crippen LogP contribution >= 0.6 is 0 Å². The number of halogens is 1. The average molecular weight is 574 g/mol. The molecule has 0 unspecified atom stereocenters. The molecule has 0 atom stereocenters. The number of nitrogens with one attached hydrogen (secondary N) is 2. The highest BCUT2D eigenvalue weighted by molar-refractivity contribution is 7.74. The third-order valence-electron chi connectivity index (χ3n) is 5.99. The van der Waals surface area contributed by atoms with E-state index >= 15 is 0 Å². The summed E-state index contributed by atoms with van der Waals surface area (Å²) < 4.78 is 50.5. The molecule has 0 spiro atoms. The van der Waals surface area contributed by atoms with Crippen molar-refractivity contribution in [2.24, 2.45) is 0 Å². The van der Waals surface area contributed by atoms with Crippen LogP contribution in [-0.2, 0) is 10.9 Å². The summed E-state index contributed by atoms with van der Waals surface area (Å²) in [5, 5.41) is 5.86. The van der Waals surface area contributed by atoms with Gasteiger partial charge in [0.05, 0.1) is 30.9 Å². The maximum absolute atomic E-state index is 13.3. The maximum atomic E-state index is 13.3. The first-order valence-corrected chi connectivity index (χ1v) is 13.4. The normalized spacial score (nSPS) is 10.8. The van der Waals surface area contributed by atoms with Crippen LogP contribution in [0.3, 0.4) is 0 Å². The van der Waals surface area contributed by atoms with E-state index in [0.717, 1.165) is 4.31 Å². The smallest absolute Gasteiger partial charge is 0.255 e. The van der Waals surface area contributed by atoms with E-state index in [0.29, 0.717) is 33.9 Å². The summed E-state index contributed by atoms with van der Waals surface area (Å²) in [5.41, 5.74) is 2.29. The van der Waals surface area contributed by atoms with Crippen molar-refractivity contribution >= 4 is 56.5 Å². The van der Waals surface area contributed by atoms with Gasteiger partial charge in [-0.15, -0.1) is 0 Å². The molecule has 1 heterocycles. The van der Waals surface area contributed by atoms with Gasteiger partial charge < -0.3 is 20.1 Å². The lowest BCUT2D eigenvalue weighted by Gasteiger charge is -2.21. The van der Waals surface area contributed by atoms with Gasteiger partial charge in [0, 0.05) is 35.1 Å². The number of carbonyl (C=O) groups is 1. The Bertz CT molecular complexity index is 1780. The van der Waals surface area contributed by atoms with Crippen molar-refractivity contribution in [3.8, 4) is 11.5 Å². The Kier molecular flexibility index (Phi) is 7.92. The molecule has 4 aromatic carbocycles. The van der Waals surface area contributed by atoms with E-state index in [1.54, 1.807) is 60.7 Å². The molecular formula is C29H24FN5O5S. The molecule has 0 aliphatic rings. The first kappa shape index (κ1) is 27.3. The summed E-state index contributed by atoms with van der Waals surface area (Å²) in [7, 11) is -0.236. The van der Waals surface area contributed by atoms with Gasteiger partial charge in [0.15, 0.2) is 11.6 Å². The highest BCUT2D eigenvalue weighted by atomic mass is 32.2. The van der Waals surface area contributed by atoms with E-state index in [1.165, 1.54) is 44.6 Å². The Morgan fingerprint density at radius 2 is 1.46 bits per heavy atom. The van der Waals surface area contributed by atoms with Crippen LogP contribution in [0.25, 0.3) is 11.0 Å². The van der Waals surface area contributed by atoms with Crippen molar-refractivity contribution in [3.63, 3.8) is 0 Å². The Morgan fingerprint density at radius 1 is 0.805 bits per heavy atom. The SMILES string of the molecule is COc1cc(Nc2nc3ccccc3nc2N(c2cccc(NC(=O)c3ccc(F)cc3)c2)[SH](=O)=O)cc(OC)c1. The van der Waals surface area contributed by atoms with Gasteiger partial charge in [0.25, 0.3) is 5.91 Å². The molecule has 2 N–H and O–H groups in total. The zero-order valence-electron chi connectivity index (χ0n) is 21.9. The number of anilines is 5. The monoisotopic (exact) mass is 573 g/mol. The molecule has 208 valence electrons. The molecule has 0 saturated heterocycles. The molecule has 1 aromatic heterocycles. The van der Waals surface area contributed by atoms with Gasteiger partial charge >= 0.3 is 0 Å². The lowest BCUT2D eigenvalue weighted by molar-refractivity contribution is 0.102. The van der Waals surface area contributed by atoms with Crippen LogP contribution in [0.5, 0.6) is 11.5 Å². The molecular weight excluding hydrogens is 549 g/mol. The number of nitrogens with zero attached hydrogens (tertiary/aromatic N) is 3. The first-order valence-electron chi connectivity index (χ1n) is 12.2. The van der Waals surface area contributed by atoms with E-state index in [4.69, 9.17) is 9.47 Å². The molecule has 5 rings (SSSR count). The number of ether oxygens (including phenoxy) is 2.